The number of ether oxygens (including phenoxy) is 1. The maximum atomic E-state index is 12.6. The second kappa shape index (κ2) is 10.1. The van der Waals surface area contributed by atoms with Crippen molar-refractivity contribution in [2.75, 3.05) is 13.1 Å². The summed E-state index contributed by atoms with van der Waals surface area (Å²) in [6.45, 7) is 2.84. The van der Waals surface area contributed by atoms with Crippen LogP contribution in [0.3, 0.4) is 0 Å². The zero-order chi connectivity index (χ0) is 20.6. The minimum atomic E-state index is 0.0951. The van der Waals surface area contributed by atoms with Gasteiger partial charge in [0.25, 0.3) is 5.91 Å². The Morgan fingerprint density at radius 3 is 2.20 bits per heavy atom. The molecular formula is C25H27N3O2. The van der Waals surface area contributed by atoms with Crippen molar-refractivity contribution in [2.24, 2.45) is 5.92 Å². The van der Waals surface area contributed by atoms with Crippen LogP contribution in [0.15, 0.2) is 73.3 Å². The van der Waals surface area contributed by atoms with Gasteiger partial charge in [0.1, 0.15) is 0 Å². The molecule has 5 nitrogen and oxygen atoms in total. The van der Waals surface area contributed by atoms with E-state index in [-0.39, 0.29) is 5.91 Å². The first-order chi connectivity index (χ1) is 14.8. The molecule has 1 aromatic carbocycles. The summed E-state index contributed by atoms with van der Waals surface area (Å²) in [7, 11) is 0. The Hall–Kier alpha value is -3.05. The van der Waals surface area contributed by atoms with Crippen LogP contribution in [0.1, 0.15) is 39.9 Å². The fraction of sp³-hybridized carbons (Fsp3) is 0.320. The Morgan fingerprint density at radius 1 is 0.867 bits per heavy atom. The number of amides is 1. The number of aromatic nitrogens is 2. The first-order valence-corrected chi connectivity index (χ1v) is 10.5. The van der Waals surface area contributed by atoms with Gasteiger partial charge in [0.2, 0.25) is 0 Å². The maximum absolute atomic E-state index is 12.6. The van der Waals surface area contributed by atoms with Crippen LogP contribution in [0.25, 0.3) is 0 Å². The summed E-state index contributed by atoms with van der Waals surface area (Å²) in [6, 6.07) is 16.3. The molecule has 30 heavy (non-hydrogen) atoms. The van der Waals surface area contributed by atoms with Crippen LogP contribution >= 0.6 is 0 Å². The Balaban J connectivity index is 1.21. The number of piperidine rings is 1. The van der Waals surface area contributed by atoms with Crippen molar-refractivity contribution in [2.45, 2.75) is 32.5 Å². The van der Waals surface area contributed by atoms with Crippen molar-refractivity contribution >= 4 is 5.91 Å². The van der Waals surface area contributed by atoms with Crippen LogP contribution in [-0.4, -0.2) is 33.9 Å². The fourth-order valence-electron chi connectivity index (χ4n) is 3.88. The number of carbonyl (C=O) groups excluding carboxylic acids is 1. The van der Waals surface area contributed by atoms with E-state index in [2.05, 4.69) is 34.2 Å². The SMILES string of the molecule is O=C(c1cccnc1)N1CCC(Cc2ccc(COCc3ccncc3)cc2)CC1. The van der Waals surface area contributed by atoms with E-state index in [4.69, 9.17) is 4.74 Å². The largest absolute Gasteiger partial charge is 0.372 e. The van der Waals surface area contributed by atoms with E-state index < -0.39 is 0 Å². The van der Waals surface area contributed by atoms with Crippen LogP contribution < -0.4 is 0 Å². The van der Waals surface area contributed by atoms with Gasteiger partial charge in [-0.15, -0.1) is 0 Å². The van der Waals surface area contributed by atoms with Gasteiger partial charge in [-0.3, -0.25) is 14.8 Å². The summed E-state index contributed by atoms with van der Waals surface area (Å²) < 4.78 is 5.80. The van der Waals surface area contributed by atoms with E-state index in [1.807, 2.05) is 29.2 Å². The van der Waals surface area contributed by atoms with E-state index >= 15 is 0 Å². The van der Waals surface area contributed by atoms with Gasteiger partial charge in [0.15, 0.2) is 0 Å². The lowest BCUT2D eigenvalue weighted by molar-refractivity contribution is 0.0690. The lowest BCUT2D eigenvalue weighted by Crippen LogP contribution is -2.38. The molecule has 3 aromatic rings. The molecule has 0 spiro atoms. The predicted molar refractivity (Wildman–Crippen MR) is 116 cm³/mol. The first kappa shape index (κ1) is 20.2. The fourth-order valence-corrected chi connectivity index (χ4v) is 3.88. The van der Waals surface area contributed by atoms with Gasteiger partial charge < -0.3 is 9.64 Å². The smallest absolute Gasteiger partial charge is 0.255 e. The predicted octanol–water partition coefficient (Wildman–Crippen LogP) is 4.29. The van der Waals surface area contributed by atoms with Crippen LogP contribution in [-0.2, 0) is 24.4 Å². The Kier molecular flexibility index (Phi) is 6.83. The van der Waals surface area contributed by atoms with Crippen molar-refractivity contribution in [3.8, 4) is 0 Å². The number of likely N-dealkylation sites (tertiary alicyclic amines) is 1. The van der Waals surface area contributed by atoms with Crippen molar-refractivity contribution < 1.29 is 9.53 Å². The molecule has 1 fully saturated rings. The van der Waals surface area contributed by atoms with Gasteiger partial charge >= 0.3 is 0 Å². The molecule has 2 aromatic heterocycles. The summed E-state index contributed by atoms with van der Waals surface area (Å²) in [5, 5.41) is 0. The third kappa shape index (κ3) is 5.51. The van der Waals surface area contributed by atoms with Crippen LogP contribution in [0.5, 0.6) is 0 Å². The summed E-state index contributed by atoms with van der Waals surface area (Å²) in [4.78, 5) is 22.6. The van der Waals surface area contributed by atoms with E-state index in [1.54, 1.807) is 24.8 Å². The number of benzene rings is 1. The molecule has 1 saturated heterocycles. The molecule has 4 rings (SSSR count). The number of carbonyl (C=O) groups is 1. The van der Waals surface area contributed by atoms with E-state index in [0.717, 1.165) is 37.9 Å². The van der Waals surface area contributed by atoms with Gasteiger partial charge in [-0.25, -0.2) is 0 Å². The Morgan fingerprint density at radius 2 is 1.53 bits per heavy atom. The normalized spacial score (nSPS) is 14.6. The van der Waals surface area contributed by atoms with E-state index in [1.165, 1.54) is 11.1 Å². The topological polar surface area (TPSA) is 55.3 Å². The first-order valence-electron chi connectivity index (χ1n) is 10.5. The molecule has 154 valence electrons. The minimum Gasteiger partial charge on any atom is -0.372 e. The van der Waals surface area contributed by atoms with Crippen molar-refractivity contribution in [3.05, 3.63) is 95.6 Å². The highest BCUT2D eigenvalue weighted by molar-refractivity contribution is 5.93. The van der Waals surface area contributed by atoms with Gasteiger partial charge in [-0.1, -0.05) is 24.3 Å². The number of hydrogen-bond donors (Lipinski definition) is 0. The molecule has 0 aliphatic carbocycles. The second-order valence-electron chi connectivity index (χ2n) is 7.85. The lowest BCUT2D eigenvalue weighted by Gasteiger charge is -2.32. The lowest BCUT2D eigenvalue weighted by atomic mass is 9.89. The number of nitrogens with zero attached hydrogens (tertiary/aromatic N) is 3. The van der Waals surface area contributed by atoms with Crippen molar-refractivity contribution in [1.29, 1.82) is 0 Å². The zero-order valence-corrected chi connectivity index (χ0v) is 17.1. The van der Waals surface area contributed by atoms with Crippen LogP contribution in [0.4, 0.5) is 0 Å². The highest BCUT2D eigenvalue weighted by Gasteiger charge is 2.23. The van der Waals surface area contributed by atoms with Gasteiger partial charge in [0.05, 0.1) is 18.8 Å². The summed E-state index contributed by atoms with van der Waals surface area (Å²) in [5.41, 5.74) is 4.35. The highest BCUT2D eigenvalue weighted by Crippen LogP contribution is 2.23. The Labute approximate surface area is 177 Å². The quantitative estimate of drug-likeness (QED) is 0.593. The van der Waals surface area contributed by atoms with Crippen LogP contribution in [0, 0.1) is 5.92 Å². The molecule has 0 atom stereocenters. The van der Waals surface area contributed by atoms with Gasteiger partial charge in [-0.2, -0.15) is 0 Å². The molecule has 0 N–H and O–H groups in total. The molecule has 0 bridgehead atoms. The minimum absolute atomic E-state index is 0.0951. The molecule has 0 radical (unpaired) electrons. The molecule has 1 aliphatic rings. The van der Waals surface area contributed by atoms with Gasteiger partial charge in [-0.05, 0) is 66.1 Å². The van der Waals surface area contributed by atoms with Crippen LogP contribution in [0.2, 0.25) is 0 Å². The summed E-state index contributed by atoms with van der Waals surface area (Å²) in [6.07, 6.45) is 10.1. The standard InChI is InChI=1S/C25H27N3O2/c29-25(24-2-1-11-27-17-24)28-14-9-21(10-15-28)16-20-3-5-22(6-4-20)18-30-19-23-7-12-26-13-8-23/h1-8,11-13,17,21H,9-10,14-16,18-19H2. The Bertz CT molecular complexity index is 922. The third-order valence-electron chi connectivity index (χ3n) is 5.64. The number of hydrogen-bond acceptors (Lipinski definition) is 4. The molecule has 1 amide bonds. The monoisotopic (exact) mass is 401 g/mol. The molecular weight excluding hydrogens is 374 g/mol. The number of pyridine rings is 2. The van der Waals surface area contributed by atoms with Gasteiger partial charge in [0, 0.05) is 37.9 Å². The summed E-state index contributed by atoms with van der Waals surface area (Å²) >= 11 is 0. The van der Waals surface area contributed by atoms with Crippen molar-refractivity contribution in [1.82, 2.24) is 14.9 Å². The second-order valence-corrected chi connectivity index (χ2v) is 7.85. The number of rotatable bonds is 7. The highest BCUT2D eigenvalue weighted by atomic mass is 16.5. The molecule has 0 unspecified atom stereocenters. The molecule has 0 saturated carbocycles. The van der Waals surface area contributed by atoms with E-state index in [0.29, 0.717) is 24.7 Å². The average Bonchev–Trinajstić information content (AvgIpc) is 2.81. The molecule has 1 aliphatic heterocycles. The van der Waals surface area contributed by atoms with E-state index in [9.17, 15) is 4.79 Å². The molecule has 5 heteroatoms. The molecule has 3 heterocycles. The maximum Gasteiger partial charge on any atom is 0.255 e. The average molecular weight is 402 g/mol. The zero-order valence-electron chi connectivity index (χ0n) is 17.1. The summed E-state index contributed by atoms with van der Waals surface area (Å²) in [5.74, 6) is 0.717. The third-order valence-corrected chi connectivity index (χ3v) is 5.64. The van der Waals surface area contributed by atoms with Crippen molar-refractivity contribution in [3.63, 3.8) is 0 Å².